The van der Waals surface area contributed by atoms with Crippen molar-refractivity contribution in [1.82, 2.24) is 4.57 Å². The van der Waals surface area contributed by atoms with Crippen LogP contribution >= 0.6 is 0 Å². The van der Waals surface area contributed by atoms with Crippen LogP contribution in [0.25, 0.3) is 22.4 Å². The fourth-order valence-electron chi connectivity index (χ4n) is 4.25. The van der Waals surface area contributed by atoms with E-state index in [0.29, 0.717) is 12.1 Å². The summed E-state index contributed by atoms with van der Waals surface area (Å²) < 4.78 is 7.15. The average Bonchev–Trinajstić information content (AvgIpc) is 3.25. The van der Waals surface area contributed by atoms with Crippen molar-refractivity contribution in [1.29, 1.82) is 0 Å². The zero-order valence-corrected chi connectivity index (χ0v) is 18.9. The minimum atomic E-state index is -0.615. The van der Waals surface area contributed by atoms with Crippen LogP contribution in [0, 0.1) is 0 Å². The molecule has 0 fully saturated rings. The first-order valence-corrected chi connectivity index (χ1v) is 11.2. The van der Waals surface area contributed by atoms with Crippen LogP contribution in [0.2, 0.25) is 0 Å². The van der Waals surface area contributed by atoms with Crippen molar-refractivity contribution in [3.8, 4) is 22.4 Å². The standard InChI is InChI=1S/C29H27NO3/c1-3-33-29(32)26(19-22-13-7-4-8-14-22)27-20-25(23-15-9-5-10-16-23)28(30(27)21(2)31)24-17-11-6-12-18-24/h4-18,20,26H,3,19H2,1-2H3. The quantitative estimate of drug-likeness (QED) is 0.316. The predicted molar refractivity (Wildman–Crippen MR) is 131 cm³/mol. The molecular formula is C29H27NO3. The van der Waals surface area contributed by atoms with E-state index in [1.165, 1.54) is 6.92 Å². The third-order valence-electron chi connectivity index (χ3n) is 5.69. The molecule has 0 aliphatic carbocycles. The highest BCUT2D eigenvalue weighted by molar-refractivity contribution is 5.93. The first-order chi connectivity index (χ1) is 16.1. The monoisotopic (exact) mass is 437 g/mol. The van der Waals surface area contributed by atoms with E-state index in [1.54, 1.807) is 11.5 Å². The second-order valence-electron chi connectivity index (χ2n) is 7.91. The van der Waals surface area contributed by atoms with Crippen LogP contribution in [0.3, 0.4) is 0 Å². The minimum absolute atomic E-state index is 0.145. The van der Waals surface area contributed by atoms with Crippen LogP contribution in [0.1, 0.15) is 35.8 Å². The van der Waals surface area contributed by atoms with Gasteiger partial charge in [0, 0.05) is 18.2 Å². The molecule has 0 N–H and O–H groups in total. The summed E-state index contributed by atoms with van der Waals surface area (Å²) in [6.07, 6.45) is 0.444. The molecule has 166 valence electrons. The van der Waals surface area contributed by atoms with E-state index in [9.17, 15) is 9.59 Å². The van der Waals surface area contributed by atoms with Crippen LogP contribution in [0.5, 0.6) is 0 Å². The summed E-state index contributed by atoms with van der Waals surface area (Å²) >= 11 is 0. The maximum absolute atomic E-state index is 13.2. The number of hydrogen-bond acceptors (Lipinski definition) is 3. The maximum Gasteiger partial charge on any atom is 0.315 e. The van der Waals surface area contributed by atoms with Gasteiger partial charge in [-0.2, -0.15) is 0 Å². The van der Waals surface area contributed by atoms with Crippen molar-refractivity contribution in [3.05, 3.63) is 108 Å². The predicted octanol–water partition coefficient (Wildman–Crippen LogP) is 6.37. The van der Waals surface area contributed by atoms with Gasteiger partial charge >= 0.3 is 5.97 Å². The van der Waals surface area contributed by atoms with Crippen molar-refractivity contribution < 1.29 is 14.3 Å². The normalized spacial score (nSPS) is 11.7. The van der Waals surface area contributed by atoms with Gasteiger partial charge in [-0.1, -0.05) is 91.0 Å². The maximum atomic E-state index is 13.2. The molecule has 0 bridgehead atoms. The molecule has 4 rings (SSSR count). The lowest BCUT2D eigenvalue weighted by atomic mass is 9.95. The number of carbonyl (C=O) groups excluding carboxylic acids is 2. The van der Waals surface area contributed by atoms with Crippen molar-refractivity contribution in [2.45, 2.75) is 26.2 Å². The Kier molecular flexibility index (Phi) is 6.84. The van der Waals surface area contributed by atoms with E-state index in [4.69, 9.17) is 4.74 Å². The molecule has 0 radical (unpaired) electrons. The summed E-state index contributed by atoms with van der Waals surface area (Å²) in [5.41, 5.74) is 5.25. The van der Waals surface area contributed by atoms with Crippen LogP contribution in [0.4, 0.5) is 0 Å². The highest BCUT2D eigenvalue weighted by atomic mass is 16.5. The van der Waals surface area contributed by atoms with Crippen molar-refractivity contribution >= 4 is 11.9 Å². The molecule has 1 unspecified atom stereocenters. The van der Waals surface area contributed by atoms with E-state index in [2.05, 4.69) is 0 Å². The smallest absolute Gasteiger partial charge is 0.315 e. The highest BCUT2D eigenvalue weighted by Crippen LogP contribution is 2.38. The van der Waals surface area contributed by atoms with Crippen LogP contribution in [-0.4, -0.2) is 23.1 Å². The summed E-state index contributed by atoms with van der Waals surface area (Å²) in [4.78, 5) is 26.2. The number of aromatic nitrogens is 1. The van der Waals surface area contributed by atoms with E-state index in [1.807, 2.05) is 97.1 Å². The molecule has 1 heterocycles. The molecular weight excluding hydrogens is 410 g/mol. The molecule has 0 aliphatic rings. The van der Waals surface area contributed by atoms with Gasteiger partial charge in [0.15, 0.2) is 0 Å². The highest BCUT2D eigenvalue weighted by Gasteiger charge is 2.31. The third kappa shape index (κ3) is 4.80. The SMILES string of the molecule is CCOC(=O)C(Cc1ccccc1)c1cc(-c2ccccc2)c(-c2ccccc2)n1C(C)=O. The average molecular weight is 438 g/mol. The molecule has 0 spiro atoms. The van der Waals surface area contributed by atoms with Crippen LogP contribution < -0.4 is 0 Å². The molecule has 4 heteroatoms. The Morgan fingerprint density at radius 3 is 1.91 bits per heavy atom. The number of hydrogen-bond donors (Lipinski definition) is 0. The Balaban J connectivity index is 1.97. The lowest BCUT2D eigenvalue weighted by molar-refractivity contribution is -0.145. The summed E-state index contributed by atoms with van der Waals surface area (Å²) in [6.45, 7) is 3.61. The lowest BCUT2D eigenvalue weighted by Crippen LogP contribution is -2.23. The largest absolute Gasteiger partial charge is 0.465 e. The van der Waals surface area contributed by atoms with Gasteiger partial charge in [0.2, 0.25) is 5.91 Å². The third-order valence-corrected chi connectivity index (χ3v) is 5.69. The Labute approximate surface area is 194 Å². The molecule has 33 heavy (non-hydrogen) atoms. The van der Waals surface area contributed by atoms with Crippen LogP contribution in [-0.2, 0) is 16.0 Å². The van der Waals surface area contributed by atoms with Gasteiger partial charge in [0.05, 0.1) is 12.3 Å². The van der Waals surface area contributed by atoms with Gasteiger partial charge < -0.3 is 4.74 Å². The van der Waals surface area contributed by atoms with Gasteiger partial charge in [-0.15, -0.1) is 0 Å². The molecule has 0 saturated heterocycles. The first-order valence-electron chi connectivity index (χ1n) is 11.2. The summed E-state index contributed by atoms with van der Waals surface area (Å²) in [5, 5.41) is 0. The molecule has 1 atom stereocenters. The minimum Gasteiger partial charge on any atom is -0.465 e. The number of nitrogens with zero attached hydrogens (tertiary/aromatic N) is 1. The van der Waals surface area contributed by atoms with Crippen molar-refractivity contribution in [2.75, 3.05) is 6.61 Å². The van der Waals surface area contributed by atoms with Crippen molar-refractivity contribution in [2.24, 2.45) is 0 Å². The number of carbonyl (C=O) groups is 2. The second-order valence-corrected chi connectivity index (χ2v) is 7.91. The zero-order chi connectivity index (χ0) is 23.2. The van der Waals surface area contributed by atoms with E-state index >= 15 is 0 Å². The Morgan fingerprint density at radius 1 is 0.818 bits per heavy atom. The second kappa shape index (κ2) is 10.1. The van der Waals surface area contributed by atoms with Crippen LogP contribution in [0.15, 0.2) is 97.1 Å². The first kappa shape index (κ1) is 22.3. The Bertz CT molecular complexity index is 1230. The van der Waals surface area contributed by atoms with Gasteiger partial charge in [0.25, 0.3) is 0 Å². The van der Waals surface area contributed by atoms with E-state index < -0.39 is 5.92 Å². The van der Waals surface area contributed by atoms with E-state index in [-0.39, 0.29) is 18.5 Å². The molecule has 3 aromatic carbocycles. The molecule has 4 nitrogen and oxygen atoms in total. The molecule has 1 aromatic heterocycles. The van der Waals surface area contributed by atoms with Gasteiger partial charge in [-0.3, -0.25) is 14.2 Å². The molecule has 0 saturated carbocycles. The molecule has 0 amide bonds. The fraction of sp³-hybridized carbons (Fsp3) is 0.172. The van der Waals surface area contributed by atoms with Gasteiger partial charge in [-0.25, -0.2) is 0 Å². The van der Waals surface area contributed by atoms with Gasteiger partial charge in [-0.05, 0) is 36.1 Å². The summed E-state index contributed by atoms with van der Waals surface area (Å²) in [6, 6.07) is 31.6. The Hall–Kier alpha value is -3.92. The number of ether oxygens (including phenoxy) is 1. The molecule has 0 aliphatic heterocycles. The van der Waals surface area contributed by atoms with E-state index in [0.717, 1.165) is 27.9 Å². The summed E-state index contributed by atoms with van der Waals surface area (Å²) in [5.74, 6) is -1.09. The number of esters is 1. The zero-order valence-electron chi connectivity index (χ0n) is 18.9. The van der Waals surface area contributed by atoms with Gasteiger partial charge in [0.1, 0.15) is 5.92 Å². The number of benzene rings is 3. The molecule has 4 aromatic rings. The fourth-order valence-corrected chi connectivity index (χ4v) is 4.25. The number of rotatable bonds is 7. The van der Waals surface area contributed by atoms with Crippen molar-refractivity contribution in [3.63, 3.8) is 0 Å². The topological polar surface area (TPSA) is 48.3 Å². The Morgan fingerprint density at radius 2 is 1.36 bits per heavy atom. The lowest BCUT2D eigenvalue weighted by Gasteiger charge is -2.19. The summed E-state index contributed by atoms with van der Waals surface area (Å²) in [7, 11) is 0.